The van der Waals surface area contributed by atoms with Crippen LogP contribution in [0.15, 0.2) is 48.2 Å². The van der Waals surface area contributed by atoms with Gasteiger partial charge in [-0.05, 0) is 54.6 Å². The number of fused-ring (bicyclic) bond motifs is 1. The largest absolute Gasteiger partial charge is 0.378 e. The lowest BCUT2D eigenvalue weighted by molar-refractivity contribution is 0.102. The number of hydrogen-bond acceptors (Lipinski definition) is 8. The molecule has 1 fully saturated rings. The van der Waals surface area contributed by atoms with Crippen molar-refractivity contribution in [3.05, 3.63) is 64.9 Å². The number of pyridine rings is 1. The third-order valence-corrected chi connectivity index (χ3v) is 6.65. The van der Waals surface area contributed by atoms with E-state index in [4.69, 9.17) is 4.74 Å². The third kappa shape index (κ3) is 4.50. The van der Waals surface area contributed by atoms with E-state index in [1.807, 2.05) is 31.2 Å². The molecule has 1 aromatic carbocycles. The Morgan fingerprint density at radius 3 is 2.76 bits per heavy atom. The van der Waals surface area contributed by atoms with Gasteiger partial charge < -0.3 is 20.3 Å². The Morgan fingerprint density at radius 2 is 1.91 bits per heavy atom. The maximum atomic E-state index is 13.0. The van der Waals surface area contributed by atoms with Crippen molar-refractivity contribution in [2.75, 3.05) is 41.8 Å². The lowest BCUT2D eigenvalue weighted by Crippen LogP contribution is -2.36. The molecule has 0 bridgehead atoms. The number of aryl methyl sites for hydroxylation is 2. The normalized spacial score (nSPS) is 13.8. The zero-order valence-corrected chi connectivity index (χ0v) is 19.3. The van der Waals surface area contributed by atoms with Crippen molar-refractivity contribution in [3.8, 4) is 0 Å². The molecule has 5 rings (SSSR count). The van der Waals surface area contributed by atoms with E-state index in [9.17, 15) is 4.79 Å². The molecule has 3 aromatic heterocycles. The molecule has 0 spiro atoms. The van der Waals surface area contributed by atoms with Gasteiger partial charge in [-0.1, -0.05) is 6.07 Å². The Kier molecular flexibility index (Phi) is 5.89. The fraction of sp³-hybridized carbons (Fsp3) is 0.250. The average molecular weight is 461 g/mol. The van der Waals surface area contributed by atoms with Crippen molar-refractivity contribution in [2.24, 2.45) is 0 Å². The second-order valence-corrected chi connectivity index (χ2v) is 8.79. The monoisotopic (exact) mass is 460 g/mol. The lowest BCUT2D eigenvalue weighted by atomic mass is 10.1. The van der Waals surface area contributed by atoms with Gasteiger partial charge in [0.25, 0.3) is 5.91 Å². The van der Waals surface area contributed by atoms with Crippen LogP contribution in [0.1, 0.15) is 21.5 Å². The standard InChI is InChI=1S/C24H24N6O2S/c1-15-3-4-18(12-19(15)29-22-21-16(2)13-33-24(21)27-14-26-22)28-23(31)17-5-6-25-20(11-17)30-7-9-32-10-8-30/h3-6,11-14H,7-10H2,1-2H3,(H,28,31)(H,26,27,29). The molecule has 1 aliphatic heterocycles. The number of aromatic nitrogens is 3. The quantitative estimate of drug-likeness (QED) is 0.452. The van der Waals surface area contributed by atoms with Gasteiger partial charge in [-0.2, -0.15) is 0 Å². The van der Waals surface area contributed by atoms with Crippen LogP contribution in [0.4, 0.5) is 23.0 Å². The molecule has 0 unspecified atom stereocenters. The zero-order chi connectivity index (χ0) is 22.8. The summed E-state index contributed by atoms with van der Waals surface area (Å²) in [6, 6.07) is 9.35. The minimum atomic E-state index is -0.181. The van der Waals surface area contributed by atoms with E-state index >= 15 is 0 Å². The maximum Gasteiger partial charge on any atom is 0.255 e. The van der Waals surface area contributed by atoms with E-state index in [1.54, 1.807) is 29.9 Å². The summed E-state index contributed by atoms with van der Waals surface area (Å²) in [7, 11) is 0. The third-order valence-electron chi connectivity index (χ3n) is 5.65. The fourth-order valence-corrected chi connectivity index (χ4v) is 4.69. The highest BCUT2D eigenvalue weighted by Gasteiger charge is 2.15. The van der Waals surface area contributed by atoms with Gasteiger partial charge >= 0.3 is 0 Å². The summed E-state index contributed by atoms with van der Waals surface area (Å²) < 4.78 is 5.40. The van der Waals surface area contributed by atoms with Crippen LogP contribution in [-0.4, -0.2) is 47.2 Å². The number of amides is 1. The Balaban J connectivity index is 1.36. The van der Waals surface area contributed by atoms with Crippen molar-refractivity contribution in [1.82, 2.24) is 15.0 Å². The first kappa shape index (κ1) is 21.3. The smallest absolute Gasteiger partial charge is 0.255 e. The second-order valence-electron chi connectivity index (χ2n) is 7.93. The number of benzene rings is 1. The number of ether oxygens (including phenoxy) is 1. The summed E-state index contributed by atoms with van der Waals surface area (Å²) in [4.78, 5) is 29.3. The van der Waals surface area contributed by atoms with Gasteiger partial charge in [0.05, 0.1) is 18.6 Å². The summed E-state index contributed by atoms with van der Waals surface area (Å²) in [6.45, 7) is 6.94. The molecule has 168 valence electrons. The van der Waals surface area contributed by atoms with Crippen LogP contribution < -0.4 is 15.5 Å². The number of thiophene rings is 1. The molecule has 2 N–H and O–H groups in total. The van der Waals surface area contributed by atoms with Crippen LogP contribution in [0.3, 0.4) is 0 Å². The molecule has 33 heavy (non-hydrogen) atoms. The molecular weight excluding hydrogens is 436 g/mol. The van der Waals surface area contributed by atoms with E-state index in [2.05, 4.69) is 42.8 Å². The molecule has 9 heteroatoms. The van der Waals surface area contributed by atoms with E-state index in [-0.39, 0.29) is 5.91 Å². The molecule has 8 nitrogen and oxygen atoms in total. The van der Waals surface area contributed by atoms with Gasteiger partial charge in [0.2, 0.25) is 0 Å². The van der Waals surface area contributed by atoms with Gasteiger partial charge in [0.1, 0.15) is 22.8 Å². The summed E-state index contributed by atoms with van der Waals surface area (Å²) in [5.41, 5.74) is 4.32. The summed E-state index contributed by atoms with van der Waals surface area (Å²) in [5.74, 6) is 1.37. The molecule has 1 aliphatic rings. The van der Waals surface area contributed by atoms with Crippen molar-refractivity contribution in [1.29, 1.82) is 0 Å². The number of hydrogen-bond donors (Lipinski definition) is 2. The Morgan fingerprint density at radius 1 is 1.06 bits per heavy atom. The highest BCUT2D eigenvalue weighted by atomic mass is 32.1. The van der Waals surface area contributed by atoms with Gasteiger partial charge in [-0.15, -0.1) is 11.3 Å². The van der Waals surface area contributed by atoms with Gasteiger partial charge in [0.15, 0.2) is 0 Å². The number of carbonyl (C=O) groups is 1. The number of nitrogens with zero attached hydrogens (tertiary/aromatic N) is 4. The van der Waals surface area contributed by atoms with E-state index in [0.717, 1.165) is 51.8 Å². The van der Waals surface area contributed by atoms with Crippen LogP contribution >= 0.6 is 11.3 Å². The van der Waals surface area contributed by atoms with Gasteiger partial charge in [-0.25, -0.2) is 15.0 Å². The Hall–Kier alpha value is -3.56. The molecule has 1 amide bonds. The number of carbonyl (C=O) groups excluding carboxylic acids is 1. The highest BCUT2D eigenvalue weighted by Crippen LogP contribution is 2.32. The number of rotatable bonds is 5. The summed E-state index contributed by atoms with van der Waals surface area (Å²) in [5, 5.41) is 9.52. The maximum absolute atomic E-state index is 13.0. The molecule has 0 atom stereocenters. The molecule has 4 aromatic rings. The predicted octanol–water partition coefficient (Wildman–Crippen LogP) is 4.54. The Bertz CT molecular complexity index is 1320. The number of morpholine rings is 1. The van der Waals surface area contributed by atoms with E-state index in [1.165, 1.54) is 0 Å². The average Bonchev–Trinajstić information content (AvgIpc) is 3.23. The van der Waals surface area contributed by atoms with Crippen molar-refractivity contribution < 1.29 is 9.53 Å². The number of nitrogens with one attached hydrogen (secondary N) is 2. The molecule has 4 heterocycles. The van der Waals surface area contributed by atoms with E-state index in [0.29, 0.717) is 24.5 Å². The van der Waals surface area contributed by atoms with Gasteiger partial charge in [0, 0.05) is 36.2 Å². The first-order valence-electron chi connectivity index (χ1n) is 10.7. The summed E-state index contributed by atoms with van der Waals surface area (Å²) in [6.07, 6.45) is 3.24. The van der Waals surface area contributed by atoms with Gasteiger partial charge in [-0.3, -0.25) is 4.79 Å². The van der Waals surface area contributed by atoms with Crippen LogP contribution in [0.25, 0.3) is 10.2 Å². The predicted molar refractivity (Wildman–Crippen MR) is 132 cm³/mol. The minimum Gasteiger partial charge on any atom is -0.378 e. The lowest BCUT2D eigenvalue weighted by Gasteiger charge is -2.27. The van der Waals surface area contributed by atoms with Crippen LogP contribution in [0, 0.1) is 13.8 Å². The second kappa shape index (κ2) is 9.13. The van der Waals surface area contributed by atoms with Crippen LogP contribution in [-0.2, 0) is 4.74 Å². The highest BCUT2D eigenvalue weighted by molar-refractivity contribution is 7.17. The van der Waals surface area contributed by atoms with Crippen LogP contribution in [0.2, 0.25) is 0 Å². The van der Waals surface area contributed by atoms with Crippen LogP contribution in [0.5, 0.6) is 0 Å². The molecular formula is C24H24N6O2S. The fourth-order valence-electron chi connectivity index (χ4n) is 3.80. The topological polar surface area (TPSA) is 92.3 Å². The minimum absolute atomic E-state index is 0.181. The SMILES string of the molecule is Cc1ccc(NC(=O)c2ccnc(N3CCOCC3)c2)cc1Nc1ncnc2scc(C)c12. The van der Waals surface area contributed by atoms with Crippen molar-refractivity contribution in [3.63, 3.8) is 0 Å². The number of anilines is 4. The molecule has 0 saturated carbocycles. The first-order chi connectivity index (χ1) is 16.1. The molecule has 0 aliphatic carbocycles. The Labute approximate surface area is 195 Å². The molecule has 0 radical (unpaired) electrons. The summed E-state index contributed by atoms with van der Waals surface area (Å²) >= 11 is 1.60. The van der Waals surface area contributed by atoms with Crippen molar-refractivity contribution in [2.45, 2.75) is 13.8 Å². The zero-order valence-electron chi connectivity index (χ0n) is 18.5. The first-order valence-corrected chi connectivity index (χ1v) is 11.6. The van der Waals surface area contributed by atoms with E-state index < -0.39 is 0 Å². The van der Waals surface area contributed by atoms with Crippen molar-refractivity contribution >= 4 is 50.5 Å². The molecule has 1 saturated heterocycles.